The van der Waals surface area contributed by atoms with Gasteiger partial charge in [0.15, 0.2) is 0 Å². The van der Waals surface area contributed by atoms with Crippen LogP contribution >= 0.6 is 11.8 Å². The number of thioether (sulfide) groups is 1. The molecule has 0 N–H and O–H groups in total. The molecule has 0 amide bonds. The molecule has 1 aliphatic heterocycles. The molecule has 0 aromatic rings. The second kappa shape index (κ2) is 2.31. The Morgan fingerprint density at radius 2 is 2.57 bits per heavy atom. The fourth-order valence-corrected chi connectivity index (χ4v) is 1.64. The molecule has 3 heteroatoms. The molecule has 40 valence electrons. The molecule has 1 fully saturated rings. The molecule has 0 radical (unpaired) electrons. The van der Waals surface area contributed by atoms with E-state index in [1.54, 1.807) is 11.8 Å². The average Bonchev–Trinajstić information content (AvgIpc) is 2.14. The van der Waals surface area contributed by atoms with Gasteiger partial charge in [-0.3, -0.25) is 0 Å². The van der Waals surface area contributed by atoms with Crippen LogP contribution < -0.4 is 0 Å². The maximum atomic E-state index is 9.74. The standard InChI is InChI=1S/C4H7NOS/c6-5-4-2-1-3-7-4/h4H,1-3H2. The summed E-state index contributed by atoms with van der Waals surface area (Å²) in [6.07, 6.45) is 2.16. The van der Waals surface area contributed by atoms with E-state index in [-0.39, 0.29) is 5.37 Å². The summed E-state index contributed by atoms with van der Waals surface area (Å²) in [5.41, 5.74) is 0. The molecule has 0 bridgehead atoms. The van der Waals surface area contributed by atoms with Crippen molar-refractivity contribution >= 4 is 11.8 Å². The maximum absolute atomic E-state index is 9.74. The zero-order valence-corrected chi connectivity index (χ0v) is 4.78. The van der Waals surface area contributed by atoms with E-state index in [4.69, 9.17) is 0 Å². The van der Waals surface area contributed by atoms with Crippen molar-refractivity contribution in [2.24, 2.45) is 5.18 Å². The summed E-state index contributed by atoms with van der Waals surface area (Å²) in [6, 6.07) is 0. The molecule has 2 nitrogen and oxygen atoms in total. The number of nitroso groups, excluding NO2 is 1. The van der Waals surface area contributed by atoms with E-state index >= 15 is 0 Å². The van der Waals surface area contributed by atoms with Crippen molar-refractivity contribution in [2.75, 3.05) is 5.75 Å². The van der Waals surface area contributed by atoms with E-state index in [0.717, 1.165) is 12.2 Å². The van der Waals surface area contributed by atoms with Crippen LogP contribution in [0.3, 0.4) is 0 Å². The van der Waals surface area contributed by atoms with Crippen molar-refractivity contribution in [3.63, 3.8) is 0 Å². The Morgan fingerprint density at radius 1 is 1.71 bits per heavy atom. The van der Waals surface area contributed by atoms with Gasteiger partial charge in [0.05, 0.1) is 0 Å². The predicted octanol–water partition coefficient (Wildman–Crippen LogP) is 1.61. The molecule has 1 aliphatic rings. The highest BCUT2D eigenvalue weighted by atomic mass is 32.2. The SMILES string of the molecule is O=NC1CCCS1. The lowest BCUT2D eigenvalue weighted by Gasteiger charge is -1.88. The molecule has 0 saturated carbocycles. The molecule has 0 aromatic carbocycles. The summed E-state index contributed by atoms with van der Waals surface area (Å²) in [4.78, 5) is 9.74. The lowest BCUT2D eigenvalue weighted by Crippen LogP contribution is -1.85. The second-order valence-electron chi connectivity index (χ2n) is 1.57. The smallest absolute Gasteiger partial charge is 0.137 e. The minimum Gasteiger partial charge on any atom is -0.150 e. The number of hydrogen-bond acceptors (Lipinski definition) is 3. The van der Waals surface area contributed by atoms with Crippen LogP contribution in [-0.2, 0) is 0 Å². The van der Waals surface area contributed by atoms with Crippen LogP contribution in [-0.4, -0.2) is 11.1 Å². The summed E-state index contributed by atoms with van der Waals surface area (Å²) in [5, 5.41) is 2.98. The van der Waals surface area contributed by atoms with Gasteiger partial charge in [-0.1, -0.05) is 5.18 Å². The molecule has 0 aliphatic carbocycles. The van der Waals surface area contributed by atoms with E-state index in [1.807, 2.05) is 0 Å². The quantitative estimate of drug-likeness (QED) is 0.488. The van der Waals surface area contributed by atoms with Gasteiger partial charge in [0, 0.05) is 0 Å². The Bertz CT molecular complexity index is 70.1. The van der Waals surface area contributed by atoms with Crippen LogP contribution in [0.25, 0.3) is 0 Å². The Kier molecular flexibility index (Phi) is 1.68. The normalized spacial score (nSPS) is 30.6. The lowest BCUT2D eigenvalue weighted by molar-refractivity contribution is 0.809. The van der Waals surface area contributed by atoms with Gasteiger partial charge in [0.2, 0.25) is 0 Å². The van der Waals surface area contributed by atoms with Crippen LogP contribution in [0.5, 0.6) is 0 Å². The summed E-state index contributed by atoms with van der Waals surface area (Å²) < 4.78 is 0. The highest BCUT2D eigenvalue weighted by Crippen LogP contribution is 2.26. The van der Waals surface area contributed by atoms with Crippen LogP contribution in [0.2, 0.25) is 0 Å². The topological polar surface area (TPSA) is 29.4 Å². The first-order valence-corrected chi connectivity index (χ1v) is 3.42. The maximum Gasteiger partial charge on any atom is 0.137 e. The van der Waals surface area contributed by atoms with Crippen LogP contribution in [0.4, 0.5) is 0 Å². The zero-order chi connectivity index (χ0) is 5.11. The van der Waals surface area contributed by atoms with Gasteiger partial charge in [-0.25, -0.2) is 0 Å². The van der Waals surface area contributed by atoms with Gasteiger partial charge in [-0.05, 0) is 18.6 Å². The molecule has 1 heterocycles. The van der Waals surface area contributed by atoms with Gasteiger partial charge in [0.1, 0.15) is 5.37 Å². The van der Waals surface area contributed by atoms with E-state index < -0.39 is 0 Å². The molecule has 1 unspecified atom stereocenters. The van der Waals surface area contributed by atoms with Crippen molar-refractivity contribution < 1.29 is 0 Å². The third-order valence-electron chi connectivity index (χ3n) is 1.02. The zero-order valence-electron chi connectivity index (χ0n) is 3.96. The minimum atomic E-state index is 0.0833. The van der Waals surface area contributed by atoms with Crippen LogP contribution in [0, 0.1) is 4.91 Å². The average molecular weight is 117 g/mol. The molecule has 7 heavy (non-hydrogen) atoms. The van der Waals surface area contributed by atoms with Crippen LogP contribution in [0.15, 0.2) is 5.18 Å². The van der Waals surface area contributed by atoms with Gasteiger partial charge in [0.25, 0.3) is 0 Å². The van der Waals surface area contributed by atoms with Crippen LogP contribution in [0.1, 0.15) is 12.8 Å². The highest BCUT2D eigenvalue weighted by Gasteiger charge is 2.14. The molecule has 1 saturated heterocycles. The summed E-state index contributed by atoms with van der Waals surface area (Å²) in [7, 11) is 0. The monoisotopic (exact) mass is 117 g/mol. The van der Waals surface area contributed by atoms with Gasteiger partial charge in [-0.15, -0.1) is 16.7 Å². The Morgan fingerprint density at radius 3 is 2.86 bits per heavy atom. The van der Waals surface area contributed by atoms with Crippen molar-refractivity contribution in [3.8, 4) is 0 Å². The first-order valence-electron chi connectivity index (χ1n) is 2.37. The summed E-state index contributed by atoms with van der Waals surface area (Å²) in [5.74, 6) is 1.12. The Labute approximate surface area is 46.6 Å². The number of hydrogen-bond donors (Lipinski definition) is 0. The van der Waals surface area contributed by atoms with E-state index in [0.29, 0.717) is 0 Å². The third-order valence-corrected chi connectivity index (χ3v) is 2.25. The molecule has 0 spiro atoms. The largest absolute Gasteiger partial charge is 0.150 e. The number of rotatable bonds is 1. The number of nitrogens with zero attached hydrogens (tertiary/aromatic N) is 1. The second-order valence-corrected chi connectivity index (χ2v) is 2.86. The predicted molar refractivity (Wildman–Crippen MR) is 31.3 cm³/mol. The van der Waals surface area contributed by atoms with E-state index in [1.165, 1.54) is 6.42 Å². The summed E-state index contributed by atoms with van der Waals surface area (Å²) in [6.45, 7) is 0. The van der Waals surface area contributed by atoms with Crippen molar-refractivity contribution in [1.82, 2.24) is 0 Å². The molecule has 1 atom stereocenters. The first-order chi connectivity index (χ1) is 3.43. The molecular formula is C4H7NOS. The lowest BCUT2D eigenvalue weighted by atomic mass is 10.3. The first kappa shape index (κ1) is 5.09. The van der Waals surface area contributed by atoms with Gasteiger partial charge >= 0.3 is 0 Å². The van der Waals surface area contributed by atoms with Crippen molar-refractivity contribution in [3.05, 3.63) is 4.91 Å². The van der Waals surface area contributed by atoms with Gasteiger partial charge < -0.3 is 0 Å². The van der Waals surface area contributed by atoms with E-state index in [2.05, 4.69) is 5.18 Å². The van der Waals surface area contributed by atoms with Gasteiger partial charge in [-0.2, -0.15) is 0 Å². The van der Waals surface area contributed by atoms with E-state index in [9.17, 15) is 4.91 Å². The fourth-order valence-electron chi connectivity index (χ4n) is 0.644. The highest BCUT2D eigenvalue weighted by molar-refractivity contribution is 8.00. The molecular weight excluding hydrogens is 110 g/mol. The minimum absolute atomic E-state index is 0.0833. The third kappa shape index (κ3) is 1.16. The Hall–Kier alpha value is -0.0500. The van der Waals surface area contributed by atoms with Crippen molar-refractivity contribution in [2.45, 2.75) is 18.2 Å². The molecule has 0 aromatic heterocycles. The molecule has 1 rings (SSSR count). The summed E-state index contributed by atoms with van der Waals surface area (Å²) >= 11 is 1.66. The Balaban J connectivity index is 2.26. The fraction of sp³-hybridized carbons (Fsp3) is 1.00. The van der Waals surface area contributed by atoms with Crippen molar-refractivity contribution in [1.29, 1.82) is 0 Å².